The van der Waals surface area contributed by atoms with Crippen LogP contribution in [-0.2, 0) is 4.74 Å². The minimum atomic E-state index is -0.689. The van der Waals surface area contributed by atoms with Crippen molar-refractivity contribution in [3.8, 4) is 23.0 Å². The van der Waals surface area contributed by atoms with E-state index >= 15 is 0 Å². The van der Waals surface area contributed by atoms with Gasteiger partial charge >= 0.3 is 17.9 Å². The molecule has 0 aromatic heterocycles. The number of ether oxygens (including phenoxy) is 5. The summed E-state index contributed by atoms with van der Waals surface area (Å²) in [7, 11) is 0. The Morgan fingerprint density at radius 3 is 1.70 bits per heavy atom. The van der Waals surface area contributed by atoms with Crippen LogP contribution < -0.4 is 18.9 Å². The van der Waals surface area contributed by atoms with Crippen LogP contribution in [-0.4, -0.2) is 37.7 Å². The second kappa shape index (κ2) is 17.9. The Balaban J connectivity index is 1.74. The van der Waals surface area contributed by atoms with Gasteiger partial charge in [0.15, 0.2) is 0 Å². The van der Waals surface area contributed by atoms with Crippen molar-refractivity contribution in [2.24, 2.45) is 0 Å². The molecule has 3 aromatic carbocycles. The number of benzene rings is 3. The topological polar surface area (TPSA) is 97.4 Å². The monoisotopic (exact) mass is 586 g/mol. The molecule has 0 aliphatic rings. The number of carbonyl (C=O) groups excluding carboxylic acids is 3. The van der Waals surface area contributed by atoms with Crippen LogP contribution in [0.15, 0.2) is 92.0 Å². The lowest BCUT2D eigenvalue weighted by Crippen LogP contribution is -2.14. The van der Waals surface area contributed by atoms with E-state index in [9.17, 15) is 14.4 Å². The fraction of sp³-hybridized carbons (Fsp3) is 0.286. The molecule has 0 unspecified atom stereocenters. The molecule has 0 radical (unpaired) electrons. The summed E-state index contributed by atoms with van der Waals surface area (Å²) in [4.78, 5) is 38.8. The van der Waals surface area contributed by atoms with E-state index in [2.05, 4.69) is 20.1 Å². The Morgan fingerprint density at radius 1 is 0.628 bits per heavy atom. The van der Waals surface area contributed by atoms with Gasteiger partial charge in [0.05, 0.1) is 17.7 Å². The zero-order valence-electron chi connectivity index (χ0n) is 24.5. The van der Waals surface area contributed by atoms with Gasteiger partial charge in [-0.2, -0.15) is 0 Å². The van der Waals surface area contributed by atoms with Crippen molar-refractivity contribution in [3.05, 3.63) is 109 Å². The molecule has 0 aliphatic carbocycles. The molecule has 8 nitrogen and oxygen atoms in total. The van der Waals surface area contributed by atoms with E-state index < -0.39 is 17.9 Å². The Bertz CT molecular complexity index is 1360. The van der Waals surface area contributed by atoms with Gasteiger partial charge in [0.2, 0.25) is 0 Å². The van der Waals surface area contributed by atoms with E-state index in [0.29, 0.717) is 31.1 Å². The summed E-state index contributed by atoms with van der Waals surface area (Å²) in [6.07, 6.45) is 9.44. The number of unbranched alkanes of at least 4 members (excludes halogenated alkanes) is 5. The van der Waals surface area contributed by atoms with Crippen LogP contribution in [0.3, 0.4) is 0 Å². The van der Waals surface area contributed by atoms with Crippen LogP contribution in [0.25, 0.3) is 0 Å². The van der Waals surface area contributed by atoms with Crippen LogP contribution in [0.1, 0.15) is 76.5 Å². The third-order valence-electron chi connectivity index (χ3n) is 6.23. The van der Waals surface area contributed by atoms with Gasteiger partial charge in [-0.3, -0.25) is 0 Å². The van der Waals surface area contributed by atoms with Crippen molar-refractivity contribution in [1.29, 1.82) is 0 Å². The molecule has 0 N–H and O–H groups in total. The second-order valence-electron chi connectivity index (χ2n) is 9.59. The van der Waals surface area contributed by atoms with Gasteiger partial charge in [-0.05, 0) is 73.2 Å². The number of carbonyl (C=O) groups is 3. The molecule has 8 heteroatoms. The van der Waals surface area contributed by atoms with Gasteiger partial charge < -0.3 is 23.7 Å². The zero-order chi connectivity index (χ0) is 30.9. The smallest absolute Gasteiger partial charge is 0.343 e. The van der Waals surface area contributed by atoms with Gasteiger partial charge in [-0.15, -0.1) is 0 Å². The summed E-state index contributed by atoms with van der Waals surface area (Å²) in [5, 5.41) is 0. The standard InChI is InChI=1S/C35H38O8/c1-4-7-8-9-10-11-24-41-35(38)31-25-30(42-33(36)26-12-16-28(17-13-26)39-22-5-2)20-21-32(31)43-34(37)27-14-18-29(19-15-27)40-23-6-3/h5-6,12-21,25H,2-4,7-11,22-24H2,1H3. The van der Waals surface area contributed by atoms with E-state index in [1.54, 1.807) is 60.7 Å². The van der Waals surface area contributed by atoms with Crippen molar-refractivity contribution in [1.82, 2.24) is 0 Å². The highest BCUT2D eigenvalue weighted by atomic mass is 16.6. The van der Waals surface area contributed by atoms with E-state index in [1.807, 2.05) is 0 Å². The first-order valence-electron chi connectivity index (χ1n) is 14.4. The molecule has 3 aromatic rings. The molecular weight excluding hydrogens is 548 g/mol. The maximum Gasteiger partial charge on any atom is 0.343 e. The minimum absolute atomic E-state index is 0.0200. The summed E-state index contributed by atoms with van der Waals surface area (Å²) in [6.45, 7) is 10.3. The first-order valence-corrected chi connectivity index (χ1v) is 14.4. The zero-order valence-corrected chi connectivity index (χ0v) is 24.5. The third kappa shape index (κ3) is 10.8. The molecule has 0 spiro atoms. The summed E-state index contributed by atoms with van der Waals surface area (Å²) in [5.41, 5.74) is 0.506. The van der Waals surface area contributed by atoms with Crippen LogP contribution in [0.2, 0.25) is 0 Å². The summed E-state index contributed by atoms with van der Waals surface area (Å²) in [6, 6.07) is 17.0. The summed E-state index contributed by atoms with van der Waals surface area (Å²) < 4.78 is 27.5. The lowest BCUT2D eigenvalue weighted by molar-refractivity contribution is 0.0490. The molecule has 0 aliphatic heterocycles. The average molecular weight is 587 g/mol. The van der Waals surface area contributed by atoms with Gasteiger partial charge in [0, 0.05) is 0 Å². The molecule has 0 heterocycles. The Kier molecular flexibility index (Phi) is 13.6. The average Bonchev–Trinajstić information content (AvgIpc) is 3.03. The summed E-state index contributed by atoms with van der Waals surface area (Å²) >= 11 is 0. The number of hydrogen-bond donors (Lipinski definition) is 0. The van der Waals surface area contributed by atoms with Crippen molar-refractivity contribution in [2.75, 3.05) is 19.8 Å². The number of hydrogen-bond acceptors (Lipinski definition) is 8. The SMILES string of the molecule is C=CCOc1ccc(C(=O)Oc2ccc(OC(=O)c3ccc(OCC=C)cc3)c(C(=O)OCCCCCCCC)c2)cc1. The molecule has 226 valence electrons. The van der Waals surface area contributed by atoms with E-state index in [1.165, 1.54) is 24.6 Å². The molecule has 0 fully saturated rings. The van der Waals surface area contributed by atoms with E-state index in [4.69, 9.17) is 23.7 Å². The normalized spacial score (nSPS) is 10.3. The van der Waals surface area contributed by atoms with Crippen molar-refractivity contribution < 1.29 is 38.1 Å². The fourth-order valence-corrected chi connectivity index (χ4v) is 3.96. The number of esters is 3. The molecule has 0 bridgehead atoms. The lowest BCUT2D eigenvalue weighted by atomic mass is 10.1. The van der Waals surface area contributed by atoms with Crippen molar-refractivity contribution in [2.45, 2.75) is 45.4 Å². The first kappa shape index (κ1) is 32.7. The Morgan fingerprint density at radius 2 is 1.14 bits per heavy atom. The van der Waals surface area contributed by atoms with Crippen LogP contribution in [0.5, 0.6) is 23.0 Å². The molecule has 43 heavy (non-hydrogen) atoms. The highest BCUT2D eigenvalue weighted by Crippen LogP contribution is 2.27. The second-order valence-corrected chi connectivity index (χ2v) is 9.59. The quantitative estimate of drug-likeness (QED) is 0.0645. The minimum Gasteiger partial charge on any atom is -0.490 e. The van der Waals surface area contributed by atoms with Gasteiger partial charge in [0.25, 0.3) is 0 Å². The Labute approximate surface area is 252 Å². The molecule has 0 saturated carbocycles. The molecule has 3 rings (SSSR count). The first-order chi connectivity index (χ1) is 20.9. The lowest BCUT2D eigenvalue weighted by Gasteiger charge is -2.13. The van der Waals surface area contributed by atoms with E-state index in [-0.39, 0.29) is 34.8 Å². The predicted molar refractivity (Wildman–Crippen MR) is 164 cm³/mol. The molecule has 0 amide bonds. The molecular formula is C35H38O8. The van der Waals surface area contributed by atoms with E-state index in [0.717, 1.165) is 25.7 Å². The van der Waals surface area contributed by atoms with Gasteiger partial charge in [0.1, 0.15) is 41.8 Å². The highest BCUT2D eigenvalue weighted by molar-refractivity contribution is 5.97. The maximum absolute atomic E-state index is 13.1. The van der Waals surface area contributed by atoms with Crippen LogP contribution in [0.4, 0.5) is 0 Å². The van der Waals surface area contributed by atoms with Gasteiger partial charge in [-0.25, -0.2) is 14.4 Å². The van der Waals surface area contributed by atoms with Crippen LogP contribution >= 0.6 is 0 Å². The largest absolute Gasteiger partial charge is 0.490 e. The predicted octanol–water partition coefficient (Wildman–Crippen LogP) is 7.77. The van der Waals surface area contributed by atoms with Crippen LogP contribution in [0, 0.1) is 0 Å². The molecule has 0 atom stereocenters. The third-order valence-corrected chi connectivity index (χ3v) is 6.23. The highest BCUT2D eigenvalue weighted by Gasteiger charge is 2.20. The Hall–Kier alpha value is -4.85. The summed E-state index contributed by atoms with van der Waals surface area (Å²) in [5.74, 6) is -0.780. The maximum atomic E-state index is 13.1. The fourth-order valence-electron chi connectivity index (χ4n) is 3.96. The van der Waals surface area contributed by atoms with Gasteiger partial charge in [-0.1, -0.05) is 64.3 Å². The molecule has 0 saturated heterocycles. The number of rotatable bonds is 18. The van der Waals surface area contributed by atoms with Crippen molar-refractivity contribution in [3.63, 3.8) is 0 Å². The van der Waals surface area contributed by atoms with Crippen molar-refractivity contribution >= 4 is 17.9 Å².